The Morgan fingerprint density at radius 2 is 1.00 bits per heavy atom. The highest BCUT2D eigenvalue weighted by Gasteiger charge is 2.53. The lowest BCUT2D eigenvalue weighted by Gasteiger charge is -2.50. The normalized spacial score (nSPS) is 28.8. The molecule has 0 amide bonds. The number of hydrogen-bond donors (Lipinski definition) is 2. The fraction of sp³-hybridized carbons (Fsp3) is 1.00. The highest BCUT2D eigenvalue weighted by Crippen LogP contribution is 2.43. The SMILES string of the molecule is CC(C)(C)[Si](C)(C)OC[C@H]1O[C@@H](O)[C@H](O[Si](C)(C)C(C)(C)C)[C@@H](O)[C@@H]1O[Si](C)(C)C(C)(C)C. The maximum atomic E-state index is 11.5. The topological polar surface area (TPSA) is 77.4 Å². The second-order valence-electron chi connectivity index (χ2n) is 14.3. The molecule has 1 saturated heterocycles. The minimum atomic E-state index is -2.26. The predicted molar refractivity (Wildman–Crippen MR) is 144 cm³/mol. The monoisotopic (exact) mass is 522 g/mol. The third kappa shape index (κ3) is 7.45. The summed E-state index contributed by atoms with van der Waals surface area (Å²) in [7, 11) is -6.56. The third-order valence-corrected chi connectivity index (χ3v) is 22.0. The third-order valence-electron chi connectivity index (χ3n) is 8.52. The lowest BCUT2D eigenvalue weighted by molar-refractivity contribution is -0.279. The summed E-state index contributed by atoms with van der Waals surface area (Å²) >= 11 is 0. The van der Waals surface area contributed by atoms with E-state index in [4.69, 9.17) is 18.0 Å². The van der Waals surface area contributed by atoms with Crippen LogP contribution in [0.15, 0.2) is 0 Å². The second kappa shape index (κ2) is 10.0. The predicted octanol–water partition coefficient (Wildman–Crippen LogP) is 5.87. The largest absolute Gasteiger partial charge is 0.414 e. The number of hydrogen-bond acceptors (Lipinski definition) is 6. The average Bonchev–Trinajstić information content (AvgIpc) is 2.56. The Morgan fingerprint density at radius 1 is 0.636 bits per heavy atom. The molecule has 1 aliphatic heterocycles. The van der Waals surface area contributed by atoms with Gasteiger partial charge in [0, 0.05) is 0 Å². The Bertz CT molecular complexity index is 644. The summed E-state index contributed by atoms with van der Waals surface area (Å²) in [6.45, 7) is 32.7. The summed E-state index contributed by atoms with van der Waals surface area (Å²) in [6.07, 6.45) is -4.30. The van der Waals surface area contributed by atoms with Crippen LogP contribution in [0.3, 0.4) is 0 Å². The van der Waals surface area contributed by atoms with Gasteiger partial charge in [-0.25, -0.2) is 0 Å². The zero-order valence-corrected chi connectivity index (χ0v) is 27.1. The second-order valence-corrected chi connectivity index (χ2v) is 28.6. The molecule has 198 valence electrons. The van der Waals surface area contributed by atoms with E-state index in [9.17, 15) is 10.2 Å². The van der Waals surface area contributed by atoms with E-state index in [-0.39, 0.29) is 21.7 Å². The van der Waals surface area contributed by atoms with Crippen molar-refractivity contribution in [2.75, 3.05) is 6.61 Å². The van der Waals surface area contributed by atoms with Gasteiger partial charge in [-0.2, -0.15) is 0 Å². The summed E-state index contributed by atoms with van der Waals surface area (Å²) in [6, 6.07) is 0. The van der Waals surface area contributed by atoms with Gasteiger partial charge < -0.3 is 28.2 Å². The molecule has 0 aromatic heterocycles. The molecule has 1 aliphatic rings. The number of aliphatic hydroxyl groups excluding tert-OH is 2. The standard InChI is InChI=1S/C24H54O6Si3/c1-22(2,3)31(10,11)27-16-17-19(29-32(12,13)23(4,5)6)18(25)20(21(26)28-17)30-33(14,15)24(7,8)9/h17-21,25-26H,16H2,1-15H3/t17-,18+,19-,20-,21-/m1/s1. The Hall–Kier alpha value is 0.411. The van der Waals surface area contributed by atoms with E-state index in [1.807, 2.05) is 0 Å². The summed E-state index contributed by atoms with van der Waals surface area (Å²) in [5.41, 5.74) is 0. The van der Waals surface area contributed by atoms with Crippen molar-refractivity contribution in [3.05, 3.63) is 0 Å². The first-order chi connectivity index (χ1) is 14.3. The maximum absolute atomic E-state index is 11.5. The van der Waals surface area contributed by atoms with Crippen LogP contribution in [-0.4, -0.2) is 72.5 Å². The Kier molecular flexibility index (Phi) is 9.57. The van der Waals surface area contributed by atoms with E-state index < -0.39 is 55.7 Å². The molecular formula is C24H54O6Si3. The smallest absolute Gasteiger partial charge is 0.192 e. The number of ether oxygens (including phenoxy) is 1. The lowest BCUT2D eigenvalue weighted by atomic mass is 9.99. The molecular weight excluding hydrogens is 469 g/mol. The van der Waals surface area contributed by atoms with E-state index in [0.29, 0.717) is 0 Å². The van der Waals surface area contributed by atoms with Crippen molar-refractivity contribution >= 4 is 25.0 Å². The molecule has 0 aromatic carbocycles. The van der Waals surface area contributed by atoms with Crippen molar-refractivity contribution in [1.82, 2.24) is 0 Å². The van der Waals surface area contributed by atoms with Crippen LogP contribution in [0.2, 0.25) is 54.4 Å². The van der Waals surface area contributed by atoms with Gasteiger partial charge in [-0.3, -0.25) is 0 Å². The van der Waals surface area contributed by atoms with Gasteiger partial charge in [0.2, 0.25) is 0 Å². The molecule has 1 heterocycles. The van der Waals surface area contributed by atoms with Crippen LogP contribution in [0, 0.1) is 0 Å². The summed E-state index contributed by atoms with van der Waals surface area (Å²) in [4.78, 5) is 0. The number of aliphatic hydroxyl groups is 2. The summed E-state index contributed by atoms with van der Waals surface area (Å²) in [5, 5.41) is 22.4. The average molecular weight is 523 g/mol. The van der Waals surface area contributed by atoms with Gasteiger partial charge in [-0.15, -0.1) is 0 Å². The van der Waals surface area contributed by atoms with Gasteiger partial charge in [0.1, 0.15) is 24.4 Å². The molecule has 0 unspecified atom stereocenters. The molecule has 0 bridgehead atoms. The maximum Gasteiger partial charge on any atom is 0.192 e. The van der Waals surface area contributed by atoms with Crippen molar-refractivity contribution < 1.29 is 28.2 Å². The highest BCUT2D eigenvalue weighted by atomic mass is 28.4. The number of rotatable bonds is 7. The van der Waals surface area contributed by atoms with E-state index in [1.165, 1.54) is 0 Å². The van der Waals surface area contributed by atoms with Crippen LogP contribution >= 0.6 is 0 Å². The molecule has 5 atom stereocenters. The molecule has 2 N–H and O–H groups in total. The van der Waals surface area contributed by atoms with Gasteiger partial charge in [0.05, 0.1) is 6.61 Å². The molecule has 6 nitrogen and oxygen atoms in total. The fourth-order valence-corrected chi connectivity index (χ4v) is 6.49. The van der Waals surface area contributed by atoms with Crippen molar-refractivity contribution in [3.63, 3.8) is 0 Å². The van der Waals surface area contributed by atoms with Gasteiger partial charge in [0.25, 0.3) is 0 Å². The van der Waals surface area contributed by atoms with E-state index in [2.05, 4.69) is 102 Å². The molecule has 1 rings (SSSR count). The minimum Gasteiger partial charge on any atom is -0.414 e. The highest BCUT2D eigenvalue weighted by molar-refractivity contribution is 6.75. The van der Waals surface area contributed by atoms with Gasteiger partial charge in [-0.05, 0) is 54.4 Å². The van der Waals surface area contributed by atoms with E-state index >= 15 is 0 Å². The van der Waals surface area contributed by atoms with Gasteiger partial charge >= 0.3 is 0 Å². The molecule has 1 fully saturated rings. The van der Waals surface area contributed by atoms with Gasteiger partial charge in [-0.1, -0.05) is 62.3 Å². The lowest BCUT2D eigenvalue weighted by Crippen LogP contribution is -2.65. The molecule has 0 aliphatic carbocycles. The van der Waals surface area contributed by atoms with Crippen LogP contribution in [0.5, 0.6) is 0 Å². The van der Waals surface area contributed by atoms with Crippen LogP contribution in [0.4, 0.5) is 0 Å². The molecule has 0 aromatic rings. The summed E-state index contributed by atoms with van der Waals surface area (Å²) < 4.78 is 25.7. The minimum absolute atomic E-state index is 0.0383. The quantitative estimate of drug-likeness (QED) is 0.407. The first-order valence-corrected chi connectivity index (χ1v) is 21.1. The zero-order chi connectivity index (χ0) is 26.4. The molecule has 33 heavy (non-hydrogen) atoms. The first kappa shape index (κ1) is 31.4. The Morgan fingerprint density at radius 3 is 1.36 bits per heavy atom. The van der Waals surface area contributed by atoms with Crippen molar-refractivity contribution in [3.8, 4) is 0 Å². The van der Waals surface area contributed by atoms with Crippen LogP contribution < -0.4 is 0 Å². The fourth-order valence-electron chi connectivity index (χ4n) is 2.86. The Balaban J connectivity index is 3.27. The van der Waals surface area contributed by atoms with Crippen molar-refractivity contribution in [2.45, 2.75) is 147 Å². The van der Waals surface area contributed by atoms with E-state index in [0.717, 1.165) is 0 Å². The first-order valence-electron chi connectivity index (χ1n) is 12.4. The van der Waals surface area contributed by atoms with Crippen molar-refractivity contribution in [1.29, 1.82) is 0 Å². The zero-order valence-electron chi connectivity index (χ0n) is 24.1. The molecule has 0 radical (unpaired) electrons. The Labute approximate surface area is 207 Å². The molecule has 9 heteroatoms. The van der Waals surface area contributed by atoms with Crippen molar-refractivity contribution in [2.24, 2.45) is 0 Å². The van der Waals surface area contributed by atoms with Gasteiger partial charge in [0.15, 0.2) is 31.2 Å². The van der Waals surface area contributed by atoms with Crippen LogP contribution in [0.25, 0.3) is 0 Å². The van der Waals surface area contributed by atoms with Crippen LogP contribution in [0.1, 0.15) is 62.3 Å². The van der Waals surface area contributed by atoms with E-state index in [1.54, 1.807) is 0 Å². The summed E-state index contributed by atoms with van der Waals surface area (Å²) in [5.74, 6) is 0. The molecule has 0 spiro atoms. The molecule has 0 saturated carbocycles. The van der Waals surface area contributed by atoms with Crippen LogP contribution in [-0.2, 0) is 18.0 Å².